The summed E-state index contributed by atoms with van der Waals surface area (Å²) in [6.45, 7) is 0.547. The van der Waals surface area contributed by atoms with Crippen LogP contribution in [0.15, 0.2) is 59.4 Å². The summed E-state index contributed by atoms with van der Waals surface area (Å²) >= 11 is 0. The molecule has 0 fully saturated rings. The van der Waals surface area contributed by atoms with Gasteiger partial charge in [-0.2, -0.15) is 4.98 Å². The summed E-state index contributed by atoms with van der Waals surface area (Å²) in [6.07, 6.45) is 5.04. The van der Waals surface area contributed by atoms with Gasteiger partial charge >= 0.3 is 0 Å². The van der Waals surface area contributed by atoms with Crippen molar-refractivity contribution >= 4 is 5.91 Å². The number of hydrogen-bond donors (Lipinski definition) is 1. The van der Waals surface area contributed by atoms with Crippen molar-refractivity contribution in [1.82, 2.24) is 20.4 Å². The van der Waals surface area contributed by atoms with Crippen LogP contribution >= 0.6 is 0 Å². The smallest absolute Gasteiger partial charge is 0.226 e. The van der Waals surface area contributed by atoms with Gasteiger partial charge in [0.1, 0.15) is 0 Å². The van der Waals surface area contributed by atoms with E-state index in [0.717, 1.165) is 11.1 Å². The first kappa shape index (κ1) is 15.9. The summed E-state index contributed by atoms with van der Waals surface area (Å²) in [4.78, 5) is 20.2. The highest BCUT2D eigenvalue weighted by Gasteiger charge is 2.09. The van der Waals surface area contributed by atoms with Gasteiger partial charge in [-0.05, 0) is 24.1 Å². The summed E-state index contributed by atoms with van der Waals surface area (Å²) in [5.41, 5.74) is 1.90. The molecule has 3 rings (SSSR count). The van der Waals surface area contributed by atoms with Gasteiger partial charge in [0.15, 0.2) is 0 Å². The molecule has 2 heterocycles. The van der Waals surface area contributed by atoms with Crippen LogP contribution in [0.1, 0.15) is 24.3 Å². The highest BCUT2D eigenvalue weighted by molar-refractivity contribution is 5.75. The average molecular weight is 322 g/mol. The van der Waals surface area contributed by atoms with Crippen molar-refractivity contribution in [3.05, 3.63) is 66.3 Å². The monoisotopic (exact) mass is 322 g/mol. The Balaban J connectivity index is 1.42. The van der Waals surface area contributed by atoms with Crippen LogP contribution in [0.4, 0.5) is 0 Å². The molecule has 0 bridgehead atoms. The number of aryl methyl sites for hydroxylation is 1. The molecular weight excluding hydrogens is 304 g/mol. The molecule has 1 amide bonds. The topological polar surface area (TPSA) is 80.9 Å². The van der Waals surface area contributed by atoms with Crippen LogP contribution in [-0.4, -0.2) is 21.0 Å². The van der Waals surface area contributed by atoms with Crippen molar-refractivity contribution in [2.75, 3.05) is 0 Å². The zero-order chi connectivity index (χ0) is 16.6. The molecular formula is C18H18N4O2. The van der Waals surface area contributed by atoms with E-state index in [2.05, 4.69) is 20.4 Å². The maximum atomic E-state index is 11.8. The van der Waals surface area contributed by atoms with Crippen LogP contribution in [-0.2, 0) is 17.8 Å². The van der Waals surface area contributed by atoms with E-state index in [0.29, 0.717) is 37.5 Å². The van der Waals surface area contributed by atoms with Gasteiger partial charge in [0, 0.05) is 37.3 Å². The first-order valence-electron chi connectivity index (χ1n) is 7.85. The van der Waals surface area contributed by atoms with E-state index >= 15 is 0 Å². The van der Waals surface area contributed by atoms with Crippen molar-refractivity contribution in [2.45, 2.75) is 25.8 Å². The molecule has 6 nitrogen and oxygen atoms in total. The van der Waals surface area contributed by atoms with Gasteiger partial charge in [0.25, 0.3) is 0 Å². The number of rotatable bonds is 7. The molecule has 1 N–H and O–H groups in total. The number of pyridine rings is 1. The molecule has 24 heavy (non-hydrogen) atoms. The molecule has 0 radical (unpaired) electrons. The van der Waals surface area contributed by atoms with Crippen molar-refractivity contribution in [2.24, 2.45) is 0 Å². The molecule has 0 aliphatic carbocycles. The Bertz CT molecular complexity index is 772. The summed E-state index contributed by atoms with van der Waals surface area (Å²) in [7, 11) is 0. The van der Waals surface area contributed by atoms with Crippen molar-refractivity contribution < 1.29 is 9.32 Å². The van der Waals surface area contributed by atoms with Crippen LogP contribution in [0, 0.1) is 0 Å². The summed E-state index contributed by atoms with van der Waals surface area (Å²) in [6, 6.07) is 13.5. The van der Waals surface area contributed by atoms with Crippen molar-refractivity contribution in [3.63, 3.8) is 0 Å². The second kappa shape index (κ2) is 8.01. The maximum Gasteiger partial charge on any atom is 0.226 e. The first-order chi connectivity index (χ1) is 11.8. The van der Waals surface area contributed by atoms with E-state index in [-0.39, 0.29) is 5.91 Å². The van der Waals surface area contributed by atoms with Crippen LogP contribution in [0.3, 0.4) is 0 Å². The Morgan fingerprint density at radius 2 is 2.00 bits per heavy atom. The van der Waals surface area contributed by atoms with Crippen LogP contribution in [0.25, 0.3) is 11.4 Å². The molecule has 0 saturated carbocycles. The van der Waals surface area contributed by atoms with E-state index in [1.807, 2.05) is 42.5 Å². The molecule has 0 unspecified atom stereocenters. The molecule has 1 aromatic carbocycles. The zero-order valence-electron chi connectivity index (χ0n) is 13.2. The van der Waals surface area contributed by atoms with Crippen molar-refractivity contribution in [1.29, 1.82) is 0 Å². The lowest BCUT2D eigenvalue weighted by atomic mass is 10.2. The van der Waals surface area contributed by atoms with E-state index in [1.54, 1.807) is 12.4 Å². The predicted octanol–water partition coefficient (Wildman–Crippen LogP) is 2.77. The van der Waals surface area contributed by atoms with Gasteiger partial charge in [0.2, 0.25) is 17.6 Å². The van der Waals surface area contributed by atoms with Gasteiger partial charge in [-0.1, -0.05) is 35.5 Å². The zero-order valence-corrected chi connectivity index (χ0v) is 13.2. The lowest BCUT2D eigenvalue weighted by molar-refractivity contribution is -0.121. The van der Waals surface area contributed by atoms with Gasteiger partial charge in [-0.25, -0.2) is 0 Å². The third kappa shape index (κ3) is 4.49. The lowest BCUT2D eigenvalue weighted by Crippen LogP contribution is -2.22. The fourth-order valence-corrected chi connectivity index (χ4v) is 2.25. The van der Waals surface area contributed by atoms with Gasteiger partial charge in [0.05, 0.1) is 0 Å². The number of aromatic nitrogens is 3. The number of hydrogen-bond acceptors (Lipinski definition) is 5. The highest BCUT2D eigenvalue weighted by Crippen LogP contribution is 2.14. The Morgan fingerprint density at radius 1 is 1.12 bits per heavy atom. The van der Waals surface area contributed by atoms with Gasteiger partial charge in [-0.3, -0.25) is 9.78 Å². The van der Waals surface area contributed by atoms with Crippen molar-refractivity contribution in [3.8, 4) is 11.4 Å². The summed E-state index contributed by atoms with van der Waals surface area (Å²) in [5, 5.41) is 6.84. The first-order valence-corrected chi connectivity index (χ1v) is 7.85. The van der Waals surface area contributed by atoms with Gasteiger partial charge < -0.3 is 9.84 Å². The molecule has 2 aromatic heterocycles. The SMILES string of the molecule is O=C(CCCc1nc(-c2cccnc2)no1)NCc1ccccc1. The molecule has 0 spiro atoms. The number of carbonyl (C=O) groups is 1. The van der Waals surface area contributed by atoms with E-state index in [9.17, 15) is 4.79 Å². The Kier molecular flexibility index (Phi) is 5.29. The minimum Gasteiger partial charge on any atom is -0.352 e. The number of benzene rings is 1. The van der Waals surface area contributed by atoms with Crippen LogP contribution < -0.4 is 5.32 Å². The van der Waals surface area contributed by atoms with Crippen LogP contribution in [0.5, 0.6) is 0 Å². The standard InChI is InChI=1S/C18H18N4O2/c23-16(20-12-14-6-2-1-3-7-14)9-4-10-17-21-18(22-24-17)15-8-5-11-19-13-15/h1-3,5-8,11,13H,4,9-10,12H2,(H,20,23). The number of nitrogens with zero attached hydrogens (tertiary/aromatic N) is 3. The fraction of sp³-hybridized carbons (Fsp3) is 0.222. The summed E-state index contributed by atoms with van der Waals surface area (Å²) < 4.78 is 5.21. The Hall–Kier alpha value is -3.02. The molecule has 0 atom stereocenters. The largest absolute Gasteiger partial charge is 0.352 e. The second-order valence-corrected chi connectivity index (χ2v) is 5.37. The van der Waals surface area contributed by atoms with Crippen LogP contribution in [0.2, 0.25) is 0 Å². The average Bonchev–Trinajstić information content (AvgIpc) is 3.11. The molecule has 0 aliphatic heterocycles. The molecule has 3 aromatic rings. The fourth-order valence-electron chi connectivity index (χ4n) is 2.25. The Morgan fingerprint density at radius 3 is 2.79 bits per heavy atom. The third-order valence-corrected chi connectivity index (χ3v) is 3.51. The van der Waals surface area contributed by atoms with Gasteiger partial charge in [-0.15, -0.1) is 0 Å². The summed E-state index contributed by atoms with van der Waals surface area (Å²) in [5.74, 6) is 1.07. The molecule has 0 saturated heterocycles. The molecule has 0 aliphatic rings. The van der Waals surface area contributed by atoms with E-state index in [4.69, 9.17) is 4.52 Å². The lowest BCUT2D eigenvalue weighted by Gasteiger charge is -2.04. The number of nitrogens with one attached hydrogen (secondary N) is 1. The Labute approximate surface area is 139 Å². The quantitative estimate of drug-likeness (QED) is 0.723. The minimum atomic E-state index is 0.0193. The number of amides is 1. The maximum absolute atomic E-state index is 11.8. The highest BCUT2D eigenvalue weighted by atomic mass is 16.5. The minimum absolute atomic E-state index is 0.0193. The molecule has 122 valence electrons. The van der Waals surface area contributed by atoms with E-state index < -0.39 is 0 Å². The predicted molar refractivity (Wildman–Crippen MR) is 88.8 cm³/mol. The second-order valence-electron chi connectivity index (χ2n) is 5.37. The third-order valence-electron chi connectivity index (χ3n) is 3.51. The molecule has 6 heteroatoms. The number of carbonyl (C=O) groups excluding carboxylic acids is 1. The normalized spacial score (nSPS) is 10.5. The van der Waals surface area contributed by atoms with E-state index in [1.165, 1.54) is 0 Å².